The van der Waals surface area contributed by atoms with Crippen LogP contribution in [0.5, 0.6) is 0 Å². The van der Waals surface area contributed by atoms with E-state index in [2.05, 4.69) is 15.3 Å². The van der Waals surface area contributed by atoms with E-state index in [0.717, 1.165) is 22.4 Å². The van der Waals surface area contributed by atoms with E-state index in [9.17, 15) is 0 Å². The fraction of sp³-hybridized carbons (Fsp3) is 0. The van der Waals surface area contributed by atoms with Crippen LogP contribution in [-0.4, -0.2) is 9.97 Å². The first-order valence-electron chi connectivity index (χ1n) is 5.66. The summed E-state index contributed by atoms with van der Waals surface area (Å²) < 4.78 is 0. The summed E-state index contributed by atoms with van der Waals surface area (Å²) in [5, 5.41) is 4.21. The first-order chi connectivity index (χ1) is 8.84. The number of anilines is 3. The fourth-order valence-electron chi connectivity index (χ4n) is 1.84. The van der Waals surface area contributed by atoms with E-state index < -0.39 is 0 Å². The highest BCUT2D eigenvalue weighted by atomic mass is 15.0. The third-order valence-corrected chi connectivity index (χ3v) is 2.76. The molecule has 1 heterocycles. The molecule has 0 aliphatic heterocycles. The van der Waals surface area contributed by atoms with Gasteiger partial charge in [0.2, 0.25) is 0 Å². The number of fused-ring (bicyclic) bond motifs is 1. The van der Waals surface area contributed by atoms with Crippen LogP contribution in [0.1, 0.15) is 0 Å². The minimum atomic E-state index is 0.695. The van der Waals surface area contributed by atoms with Crippen LogP contribution in [0.2, 0.25) is 0 Å². The van der Waals surface area contributed by atoms with Crippen molar-refractivity contribution in [1.82, 2.24) is 9.97 Å². The van der Waals surface area contributed by atoms with Crippen LogP contribution in [0.15, 0.2) is 54.9 Å². The molecule has 0 amide bonds. The van der Waals surface area contributed by atoms with Crippen molar-refractivity contribution in [3.63, 3.8) is 0 Å². The summed E-state index contributed by atoms with van der Waals surface area (Å²) >= 11 is 0. The number of hydrogen-bond donors (Lipinski definition) is 2. The molecule has 0 atom stereocenters. The molecule has 88 valence electrons. The molecule has 2 aromatic carbocycles. The van der Waals surface area contributed by atoms with E-state index in [1.54, 1.807) is 6.33 Å². The third kappa shape index (κ3) is 1.84. The molecule has 0 aliphatic rings. The van der Waals surface area contributed by atoms with Gasteiger partial charge < -0.3 is 11.1 Å². The second-order valence-electron chi connectivity index (χ2n) is 3.95. The van der Waals surface area contributed by atoms with Gasteiger partial charge in [0.1, 0.15) is 12.1 Å². The Morgan fingerprint density at radius 1 is 0.889 bits per heavy atom. The highest BCUT2D eigenvalue weighted by Gasteiger charge is 2.04. The molecule has 18 heavy (non-hydrogen) atoms. The Kier molecular flexibility index (Phi) is 2.53. The molecule has 0 spiro atoms. The van der Waals surface area contributed by atoms with Crippen molar-refractivity contribution < 1.29 is 0 Å². The molecule has 0 unspecified atom stereocenters. The highest BCUT2D eigenvalue weighted by molar-refractivity contribution is 5.91. The lowest BCUT2D eigenvalue weighted by Gasteiger charge is -2.09. The third-order valence-electron chi connectivity index (χ3n) is 2.76. The van der Waals surface area contributed by atoms with Gasteiger partial charge in [-0.1, -0.05) is 24.3 Å². The zero-order valence-electron chi connectivity index (χ0n) is 9.67. The molecule has 0 fully saturated rings. The molecule has 3 N–H and O–H groups in total. The normalized spacial score (nSPS) is 10.4. The Balaban J connectivity index is 2.08. The maximum Gasteiger partial charge on any atom is 0.141 e. The van der Waals surface area contributed by atoms with Crippen LogP contribution in [0.4, 0.5) is 17.2 Å². The second-order valence-corrected chi connectivity index (χ2v) is 3.95. The van der Waals surface area contributed by atoms with Crippen LogP contribution in [0, 0.1) is 0 Å². The lowest BCUT2D eigenvalue weighted by molar-refractivity contribution is 1.22. The van der Waals surface area contributed by atoms with Gasteiger partial charge in [-0.2, -0.15) is 0 Å². The standard InChI is InChI=1S/C14H12N4/c15-11-6-2-4-8-13(11)18-14-10-5-1-3-7-12(10)16-9-17-14/h1-9H,15H2,(H,16,17,18). The summed E-state index contributed by atoms with van der Waals surface area (Å²) in [5.74, 6) is 0.763. The van der Waals surface area contributed by atoms with Crippen molar-refractivity contribution in [1.29, 1.82) is 0 Å². The average molecular weight is 236 g/mol. The summed E-state index contributed by atoms with van der Waals surface area (Å²) in [6.07, 6.45) is 1.55. The molecule has 0 aliphatic carbocycles. The van der Waals surface area contributed by atoms with Gasteiger partial charge in [-0.15, -0.1) is 0 Å². The number of nitrogens with one attached hydrogen (secondary N) is 1. The van der Waals surface area contributed by atoms with Gasteiger partial charge in [-0.3, -0.25) is 0 Å². The van der Waals surface area contributed by atoms with Crippen LogP contribution in [0.3, 0.4) is 0 Å². The molecule has 4 heteroatoms. The van der Waals surface area contributed by atoms with Gasteiger partial charge in [0.25, 0.3) is 0 Å². The smallest absolute Gasteiger partial charge is 0.141 e. The molecule has 4 nitrogen and oxygen atoms in total. The fourth-order valence-corrected chi connectivity index (χ4v) is 1.84. The molecule has 1 aromatic heterocycles. The predicted molar refractivity (Wildman–Crippen MR) is 73.7 cm³/mol. The lowest BCUT2D eigenvalue weighted by Crippen LogP contribution is -1.99. The van der Waals surface area contributed by atoms with Gasteiger partial charge in [0, 0.05) is 5.39 Å². The van der Waals surface area contributed by atoms with E-state index in [0.29, 0.717) is 5.69 Å². The summed E-state index contributed by atoms with van der Waals surface area (Å²) in [6, 6.07) is 15.5. The van der Waals surface area contributed by atoms with Crippen molar-refractivity contribution in [3.8, 4) is 0 Å². The number of nitrogens with zero attached hydrogens (tertiary/aromatic N) is 2. The number of para-hydroxylation sites is 3. The first kappa shape index (κ1) is 10.5. The minimum Gasteiger partial charge on any atom is -0.397 e. The molecule has 0 radical (unpaired) electrons. The predicted octanol–water partition coefficient (Wildman–Crippen LogP) is 2.96. The zero-order valence-corrected chi connectivity index (χ0v) is 9.67. The average Bonchev–Trinajstić information content (AvgIpc) is 2.42. The Morgan fingerprint density at radius 3 is 2.56 bits per heavy atom. The number of rotatable bonds is 2. The van der Waals surface area contributed by atoms with E-state index in [4.69, 9.17) is 5.73 Å². The number of aromatic nitrogens is 2. The summed E-state index contributed by atoms with van der Waals surface area (Å²) in [6.45, 7) is 0. The molecule has 0 bridgehead atoms. The zero-order chi connectivity index (χ0) is 12.4. The minimum absolute atomic E-state index is 0.695. The first-order valence-corrected chi connectivity index (χ1v) is 5.66. The van der Waals surface area contributed by atoms with E-state index in [1.807, 2.05) is 48.5 Å². The Labute approximate surface area is 104 Å². The molecule has 3 rings (SSSR count). The number of nitrogens with two attached hydrogens (primary N) is 1. The van der Waals surface area contributed by atoms with E-state index in [1.165, 1.54) is 0 Å². The molecular formula is C14H12N4. The maximum atomic E-state index is 5.91. The summed E-state index contributed by atoms with van der Waals surface area (Å²) in [5.41, 5.74) is 8.36. The quantitative estimate of drug-likeness (QED) is 0.671. The monoisotopic (exact) mass is 236 g/mol. The van der Waals surface area contributed by atoms with Crippen LogP contribution in [-0.2, 0) is 0 Å². The topological polar surface area (TPSA) is 63.8 Å². The van der Waals surface area contributed by atoms with Crippen molar-refractivity contribution in [2.75, 3.05) is 11.1 Å². The van der Waals surface area contributed by atoms with Crippen molar-refractivity contribution >= 4 is 28.1 Å². The molecular weight excluding hydrogens is 224 g/mol. The Morgan fingerprint density at radius 2 is 1.67 bits per heavy atom. The van der Waals surface area contributed by atoms with Crippen LogP contribution in [0.25, 0.3) is 10.9 Å². The van der Waals surface area contributed by atoms with Crippen molar-refractivity contribution in [2.45, 2.75) is 0 Å². The van der Waals surface area contributed by atoms with Gasteiger partial charge >= 0.3 is 0 Å². The van der Waals surface area contributed by atoms with Crippen molar-refractivity contribution in [2.24, 2.45) is 0 Å². The van der Waals surface area contributed by atoms with Crippen LogP contribution < -0.4 is 11.1 Å². The highest BCUT2D eigenvalue weighted by Crippen LogP contribution is 2.25. The lowest BCUT2D eigenvalue weighted by atomic mass is 10.2. The second kappa shape index (κ2) is 4.33. The van der Waals surface area contributed by atoms with Gasteiger partial charge in [-0.25, -0.2) is 9.97 Å². The summed E-state index contributed by atoms with van der Waals surface area (Å²) in [7, 11) is 0. The Hall–Kier alpha value is -2.62. The largest absolute Gasteiger partial charge is 0.397 e. The molecule has 0 saturated heterocycles. The van der Waals surface area contributed by atoms with Gasteiger partial charge in [0.05, 0.1) is 16.9 Å². The Bertz CT molecular complexity index is 689. The number of hydrogen-bond acceptors (Lipinski definition) is 4. The van der Waals surface area contributed by atoms with E-state index >= 15 is 0 Å². The van der Waals surface area contributed by atoms with E-state index in [-0.39, 0.29) is 0 Å². The maximum absolute atomic E-state index is 5.91. The molecule has 3 aromatic rings. The van der Waals surface area contributed by atoms with Gasteiger partial charge in [-0.05, 0) is 24.3 Å². The van der Waals surface area contributed by atoms with Gasteiger partial charge in [0.15, 0.2) is 0 Å². The number of benzene rings is 2. The summed E-state index contributed by atoms with van der Waals surface area (Å²) in [4.78, 5) is 8.49. The number of nitrogen functional groups attached to an aromatic ring is 1. The van der Waals surface area contributed by atoms with Crippen LogP contribution >= 0.6 is 0 Å². The molecule has 0 saturated carbocycles. The SMILES string of the molecule is Nc1ccccc1Nc1ncnc2ccccc12. The van der Waals surface area contributed by atoms with Crippen molar-refractivity contribution in [3.05, 3.63) is 54.9 Å².